The van der Waals surface area contributed by atoms with Crippen molar-refractivity contribution in [3.63, 3.8) is 0 Å². The fourth-order valence-electron chi connectivity index (χ4n) is 1.23. The lowest BCUT2D eigenvalue weighted by Crippen LogP contribution is -2.35. The smallest absolute Gasteiger partial charge is 0.335 e. The highest BCUT2D eigenvalue weighted by molar-refractivity contribution is 7.80. The number of hydrazine groups is 2. The first-order chi connectivity index (χ1) is 8.96. The van der Waals surface area contributed by atoms with Gasteiger partial charge in [-0.15, -0.1) is 0 Å². The van der Waals surface area contributed by atoms with Crippen LogP contribution in [0.15, 0.2) is 18.2 Å². The normalized spacial score (nSPS) is 9.37. The number of hydrogen-bond acceptors (Lipinski definition) is 5. The molecule has 1 aromatic carbocycles. The largest absolute Gasteiger partial charge is 0.478 e. The van der Waals surface area contributed by atoms with Gasteiger partial charge in [-0.05, 0) is 42.6 Å². The van der Waals surface area contributed by atoms with Crippen LogP contribution in [0, 0.1) is 0 Å². The highest BCUT2D eigenvalue weighted by Gasteiger charge is 2.08. The number of benzene rings is 1. The molecular weight excluding hydrogens is 288 g/mol. The maximum atomic E-state index is 11.0. The highest BCUT2D eigenvalue weighted by atomic mass is 32.1. The van der Waals surface area contributed by atoms with Gasteiger partial charge in [-0.1, -0.05) is 0 Å². The fourth-order valence-corrected chi connectivity index (χ4v) is 1.47. The maximum Gasteiger partial charge on any atom is 0.335 e. The molecule has 0 fully saturated rings. The van der Waals surface area contributed by atoms with Crippen molar-refractivity contribution >= 4 is 52.0 Å². The Morgan fingerprint density at radius 3 is 1.74 bits per heavy atom. The second-order valence-electron chi connectivity index (χ2n) is 3.30. The molecule has 1 rings (SSSR count). The molecule has 1 aromatic rings. The van der Waals surface area contributed by atoms with E-state index in [4.69, 9.17) is 41.2 Å². The van der Waals surface area contributed by atoms with Crippen LogP contribution in [0.3, 0.4) is 0 Å². The van der Waals surface area contributed by atoms with E-state index in [0.29, 0.717) is 11.4 Å². The van der Waals surface area contributed by atoms with E-state index in [9.17, 15) is 4.79 Å². The summed E-state index contributed by atoms with van der Waals surface area (Å²) < 4.78 is 0. The predicted octanol–water partition coefficient (Wildman–Crippen LogP) is -0.295. The summed E-state index contributed by atoms with van der Waals surface area (Å²) in [6, 6.07) is 4.39. The molecule has 0 saturated heterocycles. The van der Waals surface area contributed by atoms with E-state index in [2.05, 4.69) is 21.5 Å². The molecule has 0 aliphatic rings. The Labute approximate surface area is 119 Å². The third-order valence-electron chi connectivity index (χ3n) is 1.96. The van der Waals surface area contributed by atoms with Crippen molar-refractivity contribution in [2.75, 3.05) is 10.6 Å². The summed E-state index contributed by atoms with van der Waals surface area (Å²) in [6.07, 6.45) is 0. The van der Waals surface area contributed by atoms with E-state index in [-0.39, 0.29) is 15.8 Å². The first kappa shape index (κ1) is 15.0. The first-order valence-corrected chi connectivity index (χ1v) is 5.71. The number of carboxylic acid groups (broad SMARTS) is 1. The maximum absolute atomic E-state index is 11.0. The molecule has 0 amide bonds. The van der Waals surface area contributed by atoms with Crippen LogP contribution in [0.1, 0.15) is 10.4 Å². The van der Waals surface area contributed by atoms with E-state index < -0.39 is 5.97 Å². The van der Waals surface area contributed by atoms with E-state index in [1.165, 1.54) is 12.1 Å². The third kappa shape index (κ3) is 4.63. The van der Waals surface area contributed by atoms with Crippen LogP contribution >= 0.6 is 24.4 Å². The summed E-state index contributed by atoms with van der Waals surface area (Å²) in [6.45, 7) is 0. The van der Waals surface area contributed by atoms with Gasteiger partial charge in [-0.3, -0.25) is 0 Å². The molecule has 0 atom stereocenters. The van der Waals surface area contributed by atoms with Gasteiger partial charge < -0.3 is 26.6 Å². The number of nitrogens with one attached hydrogen (secondary N) is 4. The summed E-state index contributed by atoms with van der Waals surface area (Å²) in [5.74, 6) is 9.16. The van der Waals surface area contributed by atoms with Gasteiger partial charge in [-0.25, -0.2) is 16.5 Å². The van der Waals surface area contributed by atoms with Gasteiger partial charge in [0.2, 0.25) is 0 Å². The Balaban J connectivity index is 3.06. The SMILES string of the molecule is NNC(=S)Nc1cc(NC(=S)NN)cc(C(=O)O)c1. The zero-order valence-corrected chi connectivity index (χ0v) is 11.2. The van der Waals surface area contributed by atoms with Crippen LogP contribution in [-0.4, -0.2) is 21.3 Å². The van der Waals surface area contributed by atoms with E-state index in [1.54, 1.807) is 6.07 Å². The molecule has 8 nitrogen and oxygen atoms in total. The Morgan fingerprint density at radius 1 is 1.00 bits per heavy atom. The first-order valence-electron chi connectivity index (χ1n) is 4.90. The number of hydrogen-bond donors (Lipinski definition) is 7. The fraction of sp³-hybridized carbons (Fsp3) is 0. The molecule has 0 unspecified atom stereocenters. The highest BCUT2D eigenvalue weighted by Crippen LogP contribution is 2.19. The molecule has 0 radical (unpaired) electrons. The minimum atomic E-state index is -1.09. The summed E-state index contributed by atoms with van der Waals surface area (Å²) in [4.78, 5) is 11.0. The second-order valence-corrected chi connectivity index (χ2v) is 4.12. The summed E-state index contributed by atoms with van der Waals surface area (Å²) in [7, 11) is 0. The third-order valence-corrected chi connectivity index (χ3v) is 2.40. The Bertz CT molecular complexity index is 485. The second kappa shape index (κ2) is 6.80. The van der Waals surface area contributed by atoms with Crippen LogP contribution < -0.4 is 33.2 Å². The Morgan fingerprint density at radius 2 is 1.42 bits per heavy atom. The number of nitrogens with two attached hydrogens (primary N) is 2. The van der Waals surface area contributed by atoms with Gasteiger partial charge in [0.25, 0.3) is 0 Å². The number of rotatable bonds is 3. The van der Waals surface area contributed by atoms with Crippen LogP contribution in [0.2, 0.25) is 0 Å². The monoisotopic (exact) mass is 300 g/mol. The van der Waals surface area contributed by atoms with Crippen molar-refractivity contribution in [1.82, 2.24) is 10.9 Å². The number of anilines is 2. The quantitative estimate of drug-likeness (QED) is 0.226. The van der Waals surface area contributed by atoms with Crippen molar-refractivity contribution in [3.8, 4) is 0 Å². The Hall–Kier alpha value is -2.01. The molecule has 0 aliphatic carbocycles. The predicted molar refractivity (Wildman–Crippen MR) is 80.5 cm³/mol. The van der Waals surface area contributed by atoms with E-state index >= 15 is 0 Å². The zero-order chi connectivity index (χ0) is 14.4. The lowest BCUT2D eigenvalue weighted by atomic mass is 10.1. The molecular formula is C9H12N6O2S2. The molecule has 0 aromatic heterocycles. The van der Waals surface area contributed by atoms with Gasteiger partial charge in [0.05, 0.1) is 5.56 Å². The Kier molecular flexibility index (Phi) is 5.38. The van der Waals surface area contributed by atoms with Gasteiger partial charge in [0, 0.05) is 11.4 Å². The average Bonchev–Trinajstić information content (AvgIpc) is 2.37. The number of aromatic carboxylic acids is 1. The number of carboxylic acids is 1. The lowest BCUT2D eigenvalue weighted by molar-refractivity contribution is 0.0697. The summed E-state index contributed by atoms with van der Waals surface area (Å²) in [5.41, 5.74) is 5.37. The minimum Gasteiger partial charge on any atom is -0.478 e. The van der Waals surface area contributed by atoms with E-state index in [1.807, 2.05) is 0 Å². The molecule has 10 heteroatoms. The molecule has 19 heavy (non-hydrogen) atoms. The molecule has 0 bridgehead atoms. The zero-order valence-electron chi connectivity index (χ0n) is 9.56. The van der Waals surface area contributed by atoms with Crippen molar-refractivity contribution in [2.45, 2.75) is 0 Å². The van der Waals surface area contributed by atoms with Crippen molar-refractivity contribution in [3.05, 3.63) is 23.8 Å². The van der Waals surface area contributed by atoms with E-state index in [0.717, 1.165) is 0 Å². The van der Waals surface area contributed by atoms with Gasteiger partial charge in [0.1, 0.15) is 0 Å². The van der Waals surface area contributed by atoms with Crippen LogP contribution in [0.4, 0.5) is 11.4 Å². The van der Waals surface area contributed by atoms with Crippen molar-refractivity contribution in [1.29, 1.82) is 0 Å². The average molecular weight is 300 g/mol. The van der Waals surface area contributed by atoms with Crippen LogP contribution in [0.5, 0.6) is 0 Å². The molecule has 0 saturated carbocycles. The number of thiocarbonyl (C=S) groups is 2. The van der Waals surface area contributed by atoms with Gasteiger partial charge in [0.15, 0.2) is 10.2 Å². The molecule has 102 valence electrons. The van der Waals surface area contributed by atoms with Crippen molar-refractivity contribution in [2.24, 2.45) is 11.7 Å². The number of carbonyl (C=O) groups is 1. The topological polar surface area (TPSA) is 137 Å². The van der Waals surface area contributed by atoms with Crippen LogP contribution in [-0.2, 0) is 0 Å². The van der Waals surface area contributed by atoms with Gasteiger partial charge in [-0.2, -0.15) is 0 Å². The summed E-state index contributed by atoms with van der Waals surface area (Å²) in [5, 5.41) is 14.7. The minimum absolute atomic E-state index is 0.0483. The molecule has 0 spiro atoms. The van der Waals surface area contributed by atoms with Crippen molar-refractivity contribution < 1.29 is 9.90 Å². The molecule has 0 aliphatic heterocycles. The van der Waals surface area contributed by atoms with Crippen LogP contribution in [0.25, 0.3) is 0 Å². The van der Waals surface area contributed by atoms with Gasteiger partial charge >= 0.3 is 5.97 Å². The molecule has 9 N–H and O–H groups in total. The molecule has 0 heterocycles. The lowest BCUT2D eigenvalue weighted by Gasteiger charge is -2.12. The summed E-state index contributed by atoms with van der Waals surface area (Å²) >= 11 is 9.65. The standard InChI is InChI=1S/C9H12N6O2S2/c10-14-8(18)12-5-1-4(7(16)17)2-6(3-5)13-9(19)15-11/h1-3H,10-11H2,(H,16,17)(H2,12,14,18)(H2,13,15,19).